The molecule has 3 heteroatoms. The van der Waals surface area contributed by atoms with E-state index < -0.39 is 0 Å². The summed E-state index contributed by atoms with van der Waals surface area (Å²) in [5.74, 6) is 0. The molecule has 0 aromatic heterocycles. The van der Waals surface area contributed by atoms with Crippen molar-refractivity contribution in [1.29, 1.82) is 0 Å². The number of hydrogen-bond donors (Lipinski definition) is 0. The van der Waals surface area contributed by atoms with Gasteiger partial charge in [-0.15, -0.1) is 0 Å². The van der Waals surface area contributed by atoms with Crippen LogP contribution in [0.2, 0.25) is 0 Å². The molecule has 0 atom stereocenters. The molecule has 0 aliphatic carbocycles. The molecule has 0 aromatic carbocycles. The van der Waals surface area contributed by atoms with Crippen molar-refractivity contribution in [2.75, 3.05) is 19.6 Å². The first kappa shape index (κ1) is 13.0. The minimum atomic E-state index is 0.684. The van der Waals surface area contributed by atoms with Gasteiger partial charge in [0, 0.05) is 4.32 Å². The summed E-state index contributed by atoms with van der Waals surface area (Å²) in [6.45, 7) is 11.1. The predicted octanol–water partition coefficient (Wildman–Crippen LogP) is 2.64. The highest BCUT2D eigenvalue weighted by molar-refractivity contribution is 7.99. The lowest BCUT2D eigenvalue weighted by Crippen LogP contribution is -2.52. The summed E-state index contributed by atoms with van der Waals surface area (Å²) >= 11 is 10.3. The molecule has 0 heterocycles. The molecular weight excluding hydrogens is 198 g/mol. The quantitative estimate of drug-likeness (QED) is 0.290. The third kappa shape index (κ3) is 3.71. The molecular formula is C10H19NS2. The van der Waals surface area contributed by atoms with Crippen LogP contribution in [0, 0.1) is 0 Å². The van der Waals surface area contributed by atoms with Crippen LogP contribution in [0.3, 0.4) is 0 Å². The van der Waals surface area contributed by atoms with E-state index in [1.54, 1.807) is 0 Å². The largest absolute Gasteiger partial charge is 0.370 e. The van der Waals surface area contributed by atoms with Crippen molar-refractivity contribution in [2.45, 2.75) is 26.7 Å². The van der Waals surface area contributed by atoms with Crippen LogP contribution < -0.4 is 0 Å². The number of thiocarbonyl (C=S) groups is 1. The Hall–Kier alpha value is 0.0100. The summed E-state index contributed by atoms with van der Waals surface area (Å²) in [6.07, 6.45) is 4.15. The molecule has 0 bridgehead atoms. The van der Waals surface area contributed by atoms with Gasteiger partial charge in [0.05, 0.1) is 13.1 Å². The van der Waals surface area contributed by atoms with Gasteiger partial charge in [-0.25, -0.2) is 0 Å². The summed E-state index contributed by atoms with van der Waals surface area (Å²) in [7, 11) is 0. The van der Waals surface area contributed by atoms with Gasteiger partial charge in [0.1, 0.15) is 6.54 Å². The van der Waals surface area contributed by atoms with Gasteiger partial charge >= 0.3 is 0 Å². The monoisotopic (exact) mass is 217 g/mol. The van der Waals surface area contributed by atoms with E-state index in [0.29, 0.717) is 4.32 Å². The van der Waals surface area contributed by atoms with E-state index in [2.05, 4.69) is 20.4 Å². The van der Waals surface area contributed by atoms with E-state index >= 15 is 0 Å². The zero-order valence-electron chi connectivity index (χ0n) is 8.58. The van der Waals surface area contributed by atoms with Crippen LogP contribution in [-0.2, 0) is 12.6 Å². The molecule has 13 heavy (non-hydrogen) atoms. The first-order valence-corrected chi connectivity index (χ1v) is 5.63. The summed E-state index contributed by atoms with van der Waals surface area (Å²) < 4.78 is 1.45. The van der Waals surface area contributed by atoms with Gasteiger partial charge in [0.25, 0.3) is 0 Å². The molecule has 0 saturated heterocycles. The Labute approximate surface area is 92.8 Å². The molecule has 0 rings (SSSR count). The van der Waals surface area contributed by atoms with E-state index in [-0.39, 0.29) is 0 Å². The number of quaternary nitrogens is 1. The Morgan fingerprint density at radius 2 is 1.85 bits per heavy atom. The summed E-state index contributed by atoms with van der Waals surface area (Å²) in [6, 6.07) is 0. The fourth-order valence-corrected chi connectivity index (χ4v) is 2.17. The van der Waals surface area contributed by atoms with Crippen LogP contribution >= 0.6 is 12.2 Å². The second-order valence-electron chi connectivity index (χ2n) is 3.33. The highest BCUT2D eigenvalue weighted by Crippen LogP contribution is 2.12. The summed E-state index contributed by atoms with van der Waals surface area (Å²) in [5.41, 5.74) is 0. The molecule has 76 valence electrons. The molecule has 1 nitrogen and oxygen atoms in total. The topological polar surface area (TPSA) is 0 Å². The first-order valence-electron chi connectivity index (χ1n) is 4.81. The maximum Gasteiger partial charge on any atom is 0.101 e. The Bertz CT molecular complexity index is 172. The van der Waals surface area contributed by atoms with Crippen molar-refractivity contribution in [1.82, 2.24) is 0 Å². The highest BCUT2D eigenvalue weighted by atomic mass is 32.1. The van der Waals surface area contributed by atoms with E-state index in [1.807, 2.05) is 6.08 Å². The van der Waals surface area contributed by atoms with Crippen molar-refractivity contribution in [3.05, 3.63) is 12.7 Å². The maximum atomic E-state index is 5.16. The Morgan fingerprint density at radius 1 is 1.38 bits per heavy atom. The van der Waals surface area contributed by atoms with Gasteiger partial charge in [-0.05, 0) is 18.9 Å². The second-order valence-corrected chi connectivity index (χ2v) is 4.36. The zero-order valence-corrected chi connectivity index (χ0v) is 10.2. The number of rotatable bonds is 6. The molecule has 0 radical (unpaired) electrons. The number of nitrogens with zero attached hydrogens (tertiary/aromatic N) is 1. The fourth-order valence-electron chi connectivity index (χ4n) is 1.65. The van der Waals surface area contributed by atoms with Crippen LogP contribution in [-0.4, -0.2) is 28.4 Å². The van der Waals surface area contributed by atoms with E-state index in [1.165, 1.54) is 0 Å². The van der Waals surface area contributed by atoms with E-state index in [4.69, 9.17) is 24.8 Å². The van der Waals surface area contributed by atoms with Crippen LogP contribution in [0.15, 0.2) is 12.7 Å². The highest BCUT2D eigenvalue weighted by Gasteiger charge is 2.22. The Morgan fingerprint density at radius 3 is 2.08 bits per heavy atom. The molecule has 0 unspecified atom stereocenters. The lowest BCUT2D eigenvalue weighted by molar-refractivity contribution is -0.829. The van der Waals surface area contributed by atoms with E-state index in [0.717, 1.165) is 37.0 Å². The van der Waals surface area contributed by atoms with Crippen LogP contribution in [0.4, 0.5) is 0 Å². The van der Waals surface area contributed by atoms with Gasteiger partial charge in [0.15, 0.2) is 0 Å². The maximum absolute atomic E-state index is 5.16. The standard InChI is InChI=1S/C10H19NS2/c1-4-7-11(8-5-2,9-6-3)10(12)13/h4H,1,5-9H2,2-3H3. The molecule has 0 saturated carbocycles. The average molecular weight is 217 g/mol. The molecule has 0 aliphatic rings. The average Bonchev–Trinajstić information content (AvgIpc) is 2.05. The molecule has 0 fully saturated rings. The van der Waals surface area contributed by atoms with Crippen molar-refractivity contribution in [2.24, 2.45) is 0 Å². The molecule has 0 aromatic rings. The Balaban J connectivity index is 4.57. The smallest absolute Gasteiger partial charge is 0.101 e. The van der Waals surface area contributed by atoms with Crippen LogP contribution in [0.1, 0.15) is 26.7 Å². The van der Waals surface area contributed by atoms with Gasteiger partial charge < -0.3 is 29.3 Å². The minimum absolute atomic E-state index is 0.684. The normalized spacial score (nSPS) is 11.2. The minimum Gasteiger partial charge on any atom is -0.370 e. The number of hydrogen-bond acceptors (Lipinski definition) is 2. The first-order chi connectivity index (χ1) is 6.13. The summed E-state index contributed by atoms with van der Waals surface area (Å²) in [5, 5.41) is 0. The van der Waals surface area contributed by atoms with Crippen LogP contribution in [0.5, 0.6) is 0 Å². The summed E-state index contributed by atoms with van der Waals surface area (Å²) in [4.78, 5) is 0. The van der Waals surface area contributed by atoms with Crippen molar-refractivity contribution < 1.29 is 4.48 Å². The van der Waals surface area contributed by atoms with Gasteiger partial charge in [0.2, 0.25) is 0 Å². The lowest BCUT2D eigenvalue weighted by Gasteiger charge is -2.40. The molecule has 0 N–H and O–H groups in total. The molecule has 0 amide bonds. The van der Waals surface area contributed by atoms with Gasteiger partial charge in [-0.1, -0.05) is 20.4 Å². The second kappa shape index (κ2) is 6.46. The van der Waals surface area contributed by atoms with Crippen molar-refractivity contribution >= 4 is 29.2 Å². The van der Waals surface area contributed by atoms with Gasteiger partial charge in [-0.3, -0.25) is 0 Å². The predicted molar refractivity (Wildman–Crippen MR) is 65.6 cm³/mol. The lowest BCUT2D eigenvalue weighted by atomic mass is 10.3. The molecule has 0 aliphatic heterocycles. The fraction of sp³-hybridized carbons (Fsp3) is 0.700. The van der Waals surface area contributed by atoms with Crippen LogP contribution in [0.25, 0.3) is 0 Å². The Kier molecular flexibility index (Phi) is 6.47. The van der Waals surface area contributed by atoms with Gasteiger partial charge in [-0.2, -0.15) is 0 Å². The van der Waals surface area contributed by atoms with Crippen molar-refractivity contribution in [3.63, 3.8) is 0 Å². The molecule has 0 spiro atoms. The van der Waals surface area contributed by atoms with Crippen molar-refractivity contribution in [3.8, 4) is 0 Å². The van der Waals surface area contributed by atoms with E-state index in [9.17, 15) is 0 Å². The third-order valence-electron chi connectivity index (χ3n) is 2.17. The third-order valence-corrected chi connectivity index (χ3v) is 2.94. The SMILES string of the molecule is C=CC[N+](CCC)(CCC)C(=S)[S-]. The zero-order chi connectivity index (χ0) is 10.3.